The van der Waals surface area contributed by atoms with E-state index in [4.69, 9.17) is 5.11 Å². The predicted molar refractivity (Wildman–Crippen MR) is 75.1 cm³/mol. The smallest absolute Gasteiger partial charge is 0.328 e. The lowest BCUT2D eigenvalue weighted by Crippen LogP contribution is -2.30. The molecule has 22 heavy (non-hydrogen) atoms. The molecule has 2 rings (SSSR count). The summed E-state index contributed by atoms with van der Waals surface area (Å²) in [6, 6.07) is 5.90. The average molecular weight is 305 g/mol. The molecule has 0 aliphatic rings. The molecule has 2 aromatic rings. The van der Waals surface area contributed by atoms with Gasteiger partial charge in [-0.05, 0) is 17.7 Å². The molecule has 5 N–H and O–H groups in total. The monoisotopic (exact) mass is 305 g/mol. The number of hydrogen-bond acceptors (Lipinski definition) is 5. The van der Waals surface area contributed by atoms with E-state index in [0.717, 1.165) is 0 Å². The van der Waals surface area contributed by atoms with Gasteiger partial charge in [0.15, 0.2) is 5.56 Å². The third-order valence-electron chi connectivity index (χ3n) is 2.72. The Morgan fingerprint density at radius 3 is 2.27 bits per heavy atom. The molecule has 0 saturated heterocycles. The van der Waals surface area contributed by atoms with Gasteiger partial charge in [-0.3, -0.25) is 24.4 Å². The minimum atomic E-state index is -1.03. The van der Waals surface area contributed by atoms with Crippen molar-refractivity contribution in [3.8, 4) is 5.88 Å². The van der Waals surface area contributed by atoms with Gasteiger partial charge in [0.1, 0.15) is 0 Å². The van der Waals surface area contributed by atoms with E-state index in [0.29, 0.717) is 11.3 Å². The van der Waals surface area contributed by atoms with Crippen LogP contribution in [0.15, 0.2) is 33.9 Å². The van der Waals surface area contributed by atoms with Gasteiger partial charge in [0.2, 0.25) is 5.88 Å². The molecule has 0 atom stereocenters. The highest BCUT2D eigenvalue weighted by Crippen LogP contribution is 2.13. The number of aliphatic carboxylic acids is 1. The van der Waals surface area contributed by atoms with Crippen molar-refractivity contribution in [3.05, 3.63) is 56.2 Å². The van der Waals surface area contributed by atoms with Crippen LogP contribution in [0.3, 0.4) is 0 Å². The first-order valence-electron chi connectivity index (χ1n) is 6.04. The minimum Gasteiger partial charge on any atom is -0.494 e. The first-order valence-corrected chi connectivity index (χ1v) is 6.04. The fourth-order valence-electron chi connectivity index (χ4n) is 1.76. The Kier molecular flexibility index (Phi) is 4.07. The minimum absolute atomic E-state index is 0.158. The van der Waals surface area contributed by atoms with Crippen LogP contribution in [0.2, 0.25) is 0 Å². The molecule has 1 amide bonds. The van der Waals surface area contributed by atoms with Crippen molar-refractivity contribution < 1.29 is 19.8 Å². The van der Waals surface area contributed by atoms with E-state index in [1.807, 2.05) is 9.97 Å². The molecule has 0 unspecified atom stereocenters. The molecule has 0 fully saturated rings. The summed E-state index contributed by atoms with van der Waals surface area (Å²) in [5.74, 6) is -2.74. The molecule has 9 nitrogen and oxygen atoms in total. The normalized spacial score (nSPS) is 10.2. The summed E-state index contributed by atoms with van der Waals surface area (Å²) in [7, 11) is 0. The van der Waals surface area contributed by atoms with Crippen molar-refractivity contribution in [2.45, 2.75) is 6.42 Å². The molecule has 1 aromatic heterocycles. The summed E-state index contributed by atoms with van der Waals surface area (Å²) >= 11 is 0. The van der Waals surface area contributed by atoms with E-state index in [2.05, 4.69) is 5.32 Å². The first kappa shape index (κ1) is 15.0. The SMILES string of the molecule is O=C(O)Cc1ccc(NC(=O)c2c(O)[nH]c(=O)[nH]c2=O)cc1. The second kappa shape index (κ2) is 5.95. The van der Waals surface area contributed by atoms with Gasteiger partial charge in [0.05, 0.1) is 6.42 Å². The molecule has 0 spiro atoms. The number of benzene rings is 1. The van der Waals surface area contributed by atoms with E-state index >= 15 is 0 Å². The zero-order valence-corrected chi connectivity index (χ0v) is 11.0. The third kappa shape index (κ3) is 3.39. The van der Waals surface area contributed by atoms with Crippen molar-refractivity contribution in [2.24, 2.45) is 0 Å². The van der Waals surface area contributed by atoms with Gasteiger partial charge < -0.3 is 15.5 Å². The van der Waals surface area contributed by atoms with Crippen LogP contribution in [-0.2, 0) is 11.2 Å². The third-order valence-corrected chi connectivity index (χ3v) is 2.72. The Balaban J connectivity index is 2.21. The van der Waals surface area contributed by atoms with Crippen LogP contribution in [-0.4, -0.2) is 32.1 Å². The van der Waals surface area contributed by atoms with Gasteiger partial charge in [-0.1, -0.05) is 12.1 Å². The number of H-pyrrole nitrogens is 2. The van der Waals surface area contributed by atoms with Crippen LogP contribution < -0.4 is 16.6 Å². The fraction of sp³-hybridized carbons (Fsp3) is 0.0769. The Hall–Kier alpha value is -3.36. The summed E-state index contributed by atoms with van der Waals surface area (Å²) < 4.78 is 0. The number of aromatic amines is 2. The number of nitrogens with one attached hydrogen (secondary N) is 3. The van der Waals surface area contributed by atoms with Crippen LogP contribution in [0.4, 0.5) is 5.69 Å². The van der Waals surface area contributed by atoms with Crippen molar-refractivity contribution >= 4 is 17.6 Å². The first-order chi connectivity index (χ1) is 10.4. The highest BCUT2D eigenvalue weighted by atomic mass is 16.4. The van der Waals surface area contributed by atoms with Crippen LogP contribution in [0.25, 0.3) is 0 Å². The predicted octanol–water partition coefficient (Wildman–Crippen LogP) is -0.352. The summed E-state index contributed by atoms with van der Waals surface area (Å²) in [5.41, 5.74) is -1.76. The van der Waals surface area contributed by atoms with Crippen LogP contribution in [0.5, 0.6) is 5.88 Å². The topological polar surface area (TPSA) is 152 Å². The number of aromatic nitrogens is 2. The average Bonchev–Trinajstić information content (AvgIpc) is 2.39. The van der Waals surface area contributed by atoms with E-state index in [1.165, 1.54) is 24.3 Å². The highest BCUT2D eigenvalue weighted by Gasteiger charge is 2.17. The van der Waals surface area contributed by atoms with Gasteiger partial charge in [-0.25, -0.2) is 4.79 Å². The quantitative estimate of drug-likeness (QED) is 0.520. The van der Waals surface area contributed by atoms with E-state index in [1.54, 1.807) is 0 Å². The summed E-state index contributed by atoms with van der Waals surface area (Å²) in [6.07, 6.45) is -0.158. The van der Waals surface area contributed by atoms with Gasteiger partial charge in [0, 0.05) is 5.69 Å². The summed E-state index contributed by atoms with van der Waals surface area (Å²) in [4.78, 5) is 48.6. The van der Waals surface area contributed by atoms with Crippen LogP contribution >= 0.6 is 0 Å². The van der Waals surface area contributed by atoms with E-state index < -0.39 is 34.6 Å². The molecule has 9 heteroatoms. The largest absolute Gasteiger partial charge is 0.494 e. The van der Waals surface area contributed by atoms with Gasteiger partial charge in [-0.2, -0.15) is 0 Å². The second-order valence-electron chi connectivity index (χ2n) is 4.35. The fourth-order valence-corrected chi connectivity index (χ4v) is 1.76. The standard InChI is InChI=1S/C13H11N3O6/c17-8(18)5-6-1-3-7(4-2-6)14-10(19)9-11(20)15-13(22)16-12(9)21/h1-4H,5H2,(H,14,19)(H,17,18)(H3,15,16,20,21,22). The lowest BCUT2D eigenvalue weighted by Gasteiger charge is -2.06. The lowest BCUT2D eigenvalue weighted by atomic mass is 10.1. The number of aromatic hydroxyl groups is 1. The van der Waals surface area contributed by atoms with Crippen molar-refractivity contribution in [1.29, 1.82) is 0 Å². The van der Waals surface area contributed by atoms with Crippen molar-refractivity contribution in [1.82, 2.24) is 9.97 Å². The van der Waals surface area contributed by atoms with Gasteiger partial charge in [0.25, 0.3) is 11.5 Å². The number of carbonyl (C=O) groups is 2. The molecule has 1 aromatic carbocycles. The van der Waals surface area contributed by atoms with Crippen molar-refractivity contribution in [2.75, 3.05) is 5.32 Å². The molecule has 114 valence electrons. The highest BCUT2D eigenvalue weighted by molar-refractivity contribution is 6.05. The second-order valence-corrected chi connectivity index (χ2v) is 4.35. The Labute approximate surface area is 122 Å². The van der Waals surface area contributed by atoms with Gasteiger partial charge in [-0.15, -0.1) is 0 Å². The molecule has 0 radical (unpaired) electrons. The number of amides is 1. The Morgan fingerprint density at radius 2 is 1.73 bits per heavy atom. The van der Waals surface area contributed by atoms with Crippen LogP contribution in [0, 0.1) is 0 Å². The summed E-state index contributed by atoms with van der Waals surface area (Å²) in [5, 5.41) is 20.5. The molecule has 0 saturated carbocycles. The number of carboxylic acids is 1. The lowest BCUT2D eigenvalue weighted by molar-refractivity contribution is -0.136. The van der Waals surface area contributed by atoms with Crippen molar-refractivity contribution in [3.63, 3.8) is 0 Å². The number of hydrogen-bond donors (Lipinski definition) is 5. The number of carboxylic acid groups (broad SMARTS) is 1. The molecule has 0 aliphatic carbocycles. The van der Waals surface area contributed by atoms with E-state index in [-0.39, 0.29) is 6.42 Å². The maximum atomic E-state index is 11.9. The van der Waals surface area contributed by atoms with Crippen LogP contribution in [0.1, 0.15) is 15.9 Å². The zero-order chi connectivity index (χ0) is 16.3. The van der Waals surface area contributed by atoms with E-state index in [9.17, 15) is 24.3 Å². The number of anilines is 1. The Morgan fingerprint density at radius 1 is 1.09 bits per heavy atom. The molecular formula is C13H11N3O6. The Bertz CT molecular complexity index is 834. The number of carbonyl (C=O) groups excluding carboxylic acids is 1. The zero-order valence-electron chi connectivity index (χ0n) is 11.0. The molecular weight excluding hydrogens is 294 g/mol. The molecule has 0 bridgehead atoms. The molecule has 1 heterocycles. The number of rotatable bonds is 4. The molecule has 0 aliphatic heterocycles. The summed E-state index contributed by atoms with van der Waals surface area (Å²) in [6.45, 7) is 0. The maximum absolute atomic E-state index is 11.9. The van der Waals surface area contributed by atoms with Gasteiger partial charge >= 0.3 is 11.7 Å². The maximum Gasteiger partial charge on any atom is 0.328 e.